The number of nitrogens with zero attached hydrogens (tertiary/aromatic N) is 1. The normalized spacial score (nSPS) is 12.7. The number of benzene rings is 1. The first-order chi connectivity index (χ1) is 11.0. The molecule has 3 nitrogen and oxygen atoms in total. The Balaban J connectivity index is 2.62. The third kappa shape index (κ3) is 6.82. The summed E-state index contributed by atoms with van der Waals surface area (Å²) in [6.07, 6.45) is 7.18. The van der Waals surface area contributed by atoms with Gasteiger partial charge in [-0.1, -0.05) is 53.4 Å². The van der Waals surface area contributed by atoms with Crippen molar-refractivity contribution in [2.24, 2.45) is 5.92 Å². The van der Waals surface area contributed by atoms with Crippen LogP contribution in [0.4, 0.5) is 0 Å². The van der Waals surface area contributed by atoms with Crippen LogP contribution in [-0.2, 0) is 13.0 Å². The van der Waals surface area contributed by atoms with Crippen LogP contribution in [0.15, 0.2) is 12.1 Å². The summed E-state index contributed by atoms with van der Waals surface area (Å²) in [4.78, 5) is 2.18. The predicted molar refractivity (Wildman–Crippen MR) is 98.0 cm³/mol. The molecule has 0 aliphatic carbocycles. The molecule has 1 unspecified atom stereocenters. The molecule has 132 valence electrons. The van der Waals surface area contributed by atoms with E-state index in [9.17, 15) is 10.2 Å². The van der Waals surface area contributed by atoms with Gasteiger partial charge in [-0.3, -0.25) is 4.90 Å². The van der Waals surface area contributed by atoms with Crippen LogP contribution < -0.4 is 0 Å². The van der Waals surface area contributed by atoms with Crippen molar-refractivity contribution in [1.29, 1.82) is 0 Å². The number of unbranched alkanes of at least 4 members (excludes halogenated alkanes) is 2. The van der Waals surface area contributed by atoms with Crippen molar-refractivity contribution >= 4 is 0 Å². The molecule has 2 N–H and O–H groups in total. The standard InChI is InChI=1S/C20H35NO2/c1-5-8-9-10-16(4)11-12-17-13-19(22)18(20(23)14-17)15-21(6-2)7-3/h13-14,16,22-23H,5-12,15H2,1-4H3. The Morgan fingerprint density at radius 2 is 1.57 bits per heavy atom. The maximum Gasteiger partial charge on any atom is 0.124 e. The third-order valence-corrected chi connectivity index (χ3v) is 4.77. The average molecular weight is 322 g/mol. The van der Waals surface area contributed by atoms with E-state index in [1.54, 1.807) is 0 Å². The van der Waals surface area contributed by atoms with Crippen LogP contribution in [0.5, 0.6) is 11.5 Å². The van der Waals surface area contributed by atoms with Crippen LogP contribution in [0.25, 0.3) is 0 Å². The van der Waals surface area contributed by atoms with Crippen LogP contribution in [0.1, 0.15) is 70.9 Å². The van der Waals surface area contributed by atoms with Gasteiger partial charge in [-0.2, -0.15) is 0 Å². The van der Waals surface area contributed by atoms with E-state index in [1.807, 2.05) is 12.1 Å². The van der Waals surface area contributed by atoms with E-state index in [0.29, 0.717) is 18.0 Å². The predicted octanol–water partition coefficient (Wildman–Crippen LogP) is 5.09. The third-order valence-electron chi connectivity index (χ3n) is 4.77. The Kier molecular flexibility index (Phi) is 9.08. The fourth-order valence-electron chi connectivity index (χ4n) is 2.98. The van der Waals surface area contributed by atoms with E-state index in [-0.39, 0.29) is 11.5 Å². The minimum Gasteiger partial charge on any atom is -0.507 e. The molecule has 1 rings (SSSR count). The van der Waals surface area contributed by atoms with Crippen LogP contribution in [-0.4, -0.2) is 28.2 Å². The van der Waals surface area contributed by atoms with Gasteiger partial charge in [0.2, 0.25) is 0 Å². The molecule has 0 aliphatic rings. The largest absolute Gasteiger partial charge is 0.507 e. The molecule has 0 saturated carbocycles. The fraction of sp³-hybridized carbons (Fsp3) is 0.700. The van der Waals surface area contributed by atoms with Gasteiger partial charge in [-0.15, -0.1) is 0 Å². The fourth-order valence-corrected chi connectivity index (χ4v) is 2.98. The minimum absolute atomic E-state index is 0.227. The molecular formula is C20H35NO2. The Hall–Kier alpha value is -1.22. The summed E-state index contributed by atoms with van der Waals surface area (Å²) < 4.78 is 0. The van der Waals surface area contributed by atoms with Gasteiger partial charge >= 0.3 is 0 Å². The number of aryl methyl sites for hydroxylation is 1. The molecule has 1 aromatic carbocycles. The van der Waals surface area contributed by atoms with Crippen molar-refractivity contribution in [2.45, 2.75) is 72.8 Å². The molecule has 0 heterocycles. The number of phenols is 2. The Morgan fingerprint density at radius 1 is 0.957 bits per heavy atom. The highest BCUT2D eigenvalue weighted by molar-refractivity contribution is 5.46. The second-order valence-electron chi connectivity index (χ2n) is 6.71. The van der Waals surface area contributed by atoms with Gasteiger partial charge in [0.25, 0.3) is 0 Å². The van der Waals surface area contributed by atoms with Crippen molar-refractivity contribution < 1.29 is 10.2 Å². The van der Waals surface area contributed by atoms with Crippen molar-refractivity contribution in [1.82, 2.24) is 4.90 Å². The highest BCUT2D eigenvalue weighted by Gasteiger charge is 2.13. The Morgan fingerprint density at radius 3 is 2.09 bits per heavy atom. The summed E-state index contributed by atoms with van der Waals surface area (Å²) in [7, 11) is 0. The first-order valence-electron chi connectivity index (χ1n) is 9.27. The van der Waals surface area contributed by atoms with Crippen molar-refractivity contribution in [3.63, 3.8) is 0 Å². The van der Waals surface area contributed by atoms with Crippen molar-refractivity contribution in [2.75, 3.05) is 13.1 Å². The van der Waals surface area contributed by atoms with Gasteiger partial charge in [0.1, 0.15) is 11.5 Å². The number of hydrogen-bond donors (Lipinski definition) is 2. The average Bonchev–Trinajstić information content (AvgIpc) is 2.53. The lowest BCUT2D eigenvalue weighted by Crippen LogP contribution is -2.22. The molecule has 0 bridgehead atoms. The Labute approximate surface area is 142 Å². The van der Waals surface area contributed by atoms with Crippen molar-refractivity contribution in [3.8, 4) is 11.5 Å². The molecule has 0 fully saturated rings. The minimum atomic E-state index is 0.227. The van der Waals surface area contributed by atoms with E-state index < -0.39 is 0 Å². The maximum atomic E-state index is 10.3. The first-order valence-corrected chi connectivity index (χ1v) is 9.27. The summed E-state index contributed by atoms with van der Waals surface area (Å²) in [5.41, 5.74) is 1.68. The lowest BCUT2D eigenvalue weighted by Gasteiger charge is -2.20. The zero-order chi connectivity index (χ0) is 17.2. The van der Waals surface area contributed by atoms with Crippen molar-refractivity contribution in [3.05, 3.63) is 23.3 Å². The summed E-state index contributed by atoms with van der Waals surface area (Å²) in [5.74, 6) is 1.15. The quantitative estimate of drug-likeness (QED) is 0.558. The zero-order valence-corrected chi connectivity index (χ0v) is 15.4. The molecule has 23 heavy (non-hydrogen) atoms. The summed E-state index contributed by atoms with van der Waals surface area (Å²) in [6, 6.07) is 3.66. The molecule has 3 heteroatoms. The SMILES string of the molecule is CCCCCC(C)CCc1cc(O)c(CN(CC)CC)c(O)c1. The van der Waals surface area contributed by atoms with Gasteiger partial charge < -0.3 is 10.2 Å². The molecule has 1 atom stereocenters. The van der Waals surface area contributed by atoms with Gasteiger partial charge in [0, 0.05) is 12.1 Å². The Bertz CT molecular complexity index is 432. The topological polar surface area (TPSA) is 43.7 Å². The van der Waals surface area contributed by atoms with E-state index in [2.05, 4.69) is 32.6 Å². The molecule has 0 spiro atoms. The van der Waals surface area contributed by atoms with Gasteiger partial charge in [-0.25, -0.2) is 0 Å². The monoisotopic (exact) mass is 321 g/mol. The number of phenolic OH excluding ortho intramolecular Hbond substituents is 2. The summed E-state index contributed by atoms with van der Waals surface area (Å²) in [5, 5.41) is 20.5. The number of aromatic hydroxyl groups is 2. The van der Waals surface area contributed by atoms with Crippen LogP contribution >= 0.6 is 0 Å². The molecule has 0 aromatic heterocycles. The molecule has 0 amide bonds. The molecule has 0 radical (unpaired) electrons. The highest BCUT2D eigenvalue weighted by Crippen LogP contribution is 2.31. The van der Waals surface area contributed by atoms with E-state index >= 15 is 0 Å². The number of rotatable bonds is 11. The zero-order valence-electron chi connectivity index (χ0n) is 15.4. The first kappa shape index (κ1) is 19.8. The smallest absolute Gasteiger partial charge is 0.124 e. The van der Waals surface area contributed by atoms with Crippen LogP contribution in [0.3, 0.4) is 0 Å². The molecular weight excluding hydrogens is 286 g/mol. The van der Waals surface area contributed by atoms with Gasteiger partial charge in [0.15, 0.2) is 0 Å². The lowest BCUT2D eigenvalue weighted by atomic mass is 9.95. The highest BCUT2D eigenvalue weighted by atomic mass is 16.3. The second kappa shape index (κ2) is 10.5. The van der Waals surface area contributed by atoms with Crippen LogP contribution in [0.2, 0.25) is 0 Å². The number of hydrogen-bond acceptors (Lipinski definition) is 3. The second-order valence-corrected chi connectivity index (χ2v) is 6.71. The lowest BCUT2D eigenvalue weighted by molar-refractivity contribution is 0.285. The van der Waals surface area contributed by atoms with Gasteiger partial charge in [-0.05, 0) is 49.5 Å². The van der Waals surface area contributed by atoms with E-state index in [0.717, 1.165) is 31.5 Å². The molecule has 0 aliphatic heterocycles. The molecule has 1 aromatic rings. The van der Waals surface area contributed by atoms with E-state index in [4.69, 9.17) is 0 Å². The van der Waals surface area contributed by atoms with E-state index in [1.165, 1.54) is 25.7 Å². The molecule has 0 saturated heterocycles. The van der Waals surface area contributed by atoms with Gasteiger partial charge in [0.05, 0.1) is 0 Å². The van der Waals surface area contributed by atoms with Crippen LogP contribution in [0, 0.1) is 5.92 Å². The maximum absolute atomic E-state index is 10.3. The summed E-state index contributed by atoms with van der Waals surface area (Å²) >= 11 is 0. The summed E-state index contributed by atoms with van der Waals surface area (Å²) in [6.45, 7) is 11.1.